The van der Waals surface area contributed by atoms with Gasteiger partial charge in [0, 0.05) is 19.1 Å². The van der Waals surface area contributed by atoms with E-state index < -0.39 is 10.0 Å². The van der Waals surface area contributed by atoms with Gasteiger partial charge in [-0.15, -0.1) is 0 Å². The molecule has 1 heterocycles. The standard InChI is InChI=1S/C16H26N2O2S/c1-3-17-14(2)15-8-10-16(11-9-15)21(19,20)18-12-6-4-5-7-13-18/h8-11,14,17H,3-7,12-13H2,1-2H3. The highest BCUT2D eigenvalue weighted by Gasteiger charge is 2.25. The SMILES string of the molecule is CCNC(C)c1ccc(S(=O)(=O)N2CCCCCC2)cc1. The molecule has 5 heteroatoms. The zero-order valence-electron chi connectivity index (χ0n) is 13.0. The Kier molecular flexibility index (Phi) is 5.79. The first kappa shape index (κ1) is 16.5. The normalized spacial score (nSPS) is 19.1. The van der Waals surface area contributed by atoms with Gasteiger partial charge in [-0.2, -0.15) is 4.31 Å². The van der Waals surface area contributed by atoms with E-state index in [-0.39, 0.29) is 6.04 Å². The molecule has 0 amide bonds. The van der Waals surface area contributed by atoms with E-state index in [2.05, 4.69) is 19.2 Å². The lowest BCUT2D eigenvalue weighted by molar-refractivity contribution is 0.423. The van der Waals surface area contributed by atoms with Crippen LogP contribution in [0.5, 0.6) is 0 Å². The molecule has 1 aliphatic rings. The molecule has 1 aromatic carbocycles. The fraction of sp³-hybridized carbons (Fsp3) is 0.625. The van der Waals surface area contributed by atoms with Gasteiger partial charge in [-0.25, -0.2) is 8.42 Å². The highest BCUT2D eigenvalue weighted by Crippen LogP contribution is 2.22. The van der Waals surface area contributed by atoms with Gasteiger partial charge in [0.2, 0.25) is 10.0 Å². The van der Waals surface area contributed by atoms with Crippen LogP contribution < -0.4 is 5.32 Å². The van der Waals surface area contributed by atoms with Gasteiger partial charge < -0.3 is 5.32 Å². The second-order valence-corrected chi connectivity index (χ2v) is 7.60. The average molecular weight is 310 g/mol. The molecule has 0 spiro atoms. The van der Waals surface area contributed by atoms with E-state index in [1.165, 1.54) is 0 Å². The summed E-state index contributed by atoms with van der Waals surface area (Å²) >= 11 is 0. The highest BCUT2D eigenvalue weighted by molar-refractivity contribution is 7.89. The van der Waals surface area contributed by atoms with Gasteiger partial charge in [0.15, 0.2) is 0 Å². The molecule has 1 atom stereocenters. The van der Waals surface area contributed by atoms with E-state index in [0.29, 0.717) is 18.0 Å². The summed E-state index contributed by atoms with van der Waals surface area (Å²) in [6.45, 7) is 6.35. The average Bonchev–Trinajstić information content (AvgIpc) is 2.77. The maximum absolute atomic E-state index is 12.7. The lowest BCUT2D eigenvalue weighted by Crippen LogP contribution is -2.31. The van der Waals surface area contributed by atoms with Gasteiger partial charge in [0.25, 0.3) is 0 Å². The Morgan fingerprint density at radius 3 is 2.19 bits per heavy atom. The van der Waals surface area contributed by atoms with Crippen molar-refractivity contribution in [3.8, 4) is 0 Å². The molecule has 2 rings (SSSR count). The molecule has 118 valence electrons. The third-order valence-electron chi connectivity index (χ3n) is 4.09. The second-order valence-electron chi connectivity index (χ2n) is 5.67. The number of nitrogens with zero attached hydrogens (tertiary/aromatic N) is 1. The summed E-state index contributed by atoms with van der Waals surface area (Å²) in [5.41, 5.74) is 1.12. The second kappa shape index (κ2) is 7.38. The molecule has 1 unspecified atom stereocenters. The summed E-state index contributed by atoms with van der Waals surface area (Å²) in [6.07, 6.45) is 4.19. The van der Waals surface area contributed by atoms with Crippen molar-refractivity contribution >= 4 is 10.0 Å². The van der Waals surface area contributed by atoms with Crippen LogP contribution in [0.1, 0.15) is 51.1 Å². The van der Waals surface area contributed by atoms with E-state index in [1.807, 2.05) is 12.1 Å². The monoisotopic (exact) mass is 310 g/mol. The van der Waals surface area contributed by atoms with Gasteiger partial charge in [0.05, 0.1) is 4.90 Å². The van der Waals surface area contributed by atoms with Crippen LogP contribution in [0.3, 0.4) is 0 Å². The Hall–Kier alpha value is -0.910. The van der Waals surface area contributed by atoms with Crippen molar-refractivity contribution in [2.45, 2.75) is 50.5 Å². The van der Waals surface area contributed by atoms with Crippen LogP contribution in [0.2, 0.25) is 0 Å². The minimum absolute atomic E-state index is 0.241. The lowest BCUT2D eigenvalue weighted by atomic mass is 10.1. The fourth-order valence-electron chi connectivity index (χ4n) is 2.78. The maximum Gasteiger partial charge on any atom is 0.243 e. The number of rotatable bonds is 5. The fourth-order valence-corrected chi connectivity index (χ4v) is 4.30. The summed E-state index contributed by atoms with van der Waals surface area (Å²) in [5.74, 6) is 0. The Morgan fingerprint density at radius 1 is 1.10 bits per heavy atom. The van der Waals surface area contributed by atoms with Crippen molar-refractivity contribution in [2.24, 2.45) is 0 Å². The van der Waals surface area contributed by atoms with Gasteiger partial charge in [0.1, 0.15) is 0 Å². The van der Waals surface area contributed by atoms with Crippen molar-refractivity contribution in [1.29, 1.82) is 0 Å². The van der Waals surface area contributed by atoms with Crippen LogP contribution in [0.4, 0.5) is 0 Å². The Balaban J connectivity index is 2.16. The summed E-state index contributed by atoms with van der Waals surface area (Å²) in [5, 5.41) is 3.33. The molecule has 1 aromatic rings. The number of hydrogen-bond donors (Lipinski definition) is 1. The van der Waals surface area contributed by atoms with Crippen LogP contribution >= 0.6 is 0 Å². The van der Waals surface area contributed by atoms with E-state index in [0.717, 1.165) is 37.8 Å². The summed E-state index contributed by atoms with van der Waals surface area (Å²) in [6, 6.07) is 7.55. The molecule has 0 bridgehead atoms. The molecule has 1 aliphatic heterocycles. The smallest absolute Gasteiger partial charge is 0.243 e. The third-order valence-corrected chi connectivity index (χ3v) is 6.01. The molecule has 1 fully saturated rings. The van der Waals surface area contributed by atoms with E-state index >= 15 is 0 Å². The van der Waals surface area contributed by atoms with Gasteiger partial charge in [-0.05, 0) is 44.0 Å². The molecule has 0 aromatic heterocycles. The first-order valence-corrected chi connectivity index (χ1v) is 9.33. The van der Waals surface area contributed by atoms with Crippen LogP contribution in [-0.2, 0) is 10.0 Å². The van der Waals surface area contributed by atoms with Crippen molar-refractivity contribution < 1.29 is 8.42 Å². The van der Waals surface area contributed by atoms with Crippen LogP contribution in [-0.4, -0.2) is 32.4 Å². The van der Waals surface area contributed by atoms with Gasteiger partial charge >= 0.3 is 0 Å². The van der Waals surface area contributed by atoms with Crippen LogP contribution in [0.25, 0.3) is 0 Å². The maximum atomic E-state index is 12.7. The Bertz CT molecular complexity index is 532. The number of hydrogen-bond acceptors (Lipinski definition) is 3. The first-order chi connectivity index (χ1) is 10.1. The molecule has 0 aliphatic carbocycles. The number of benzene rings is 1. The third kappa shape index (κ3) is 4.05. The molecule has 4 nitrogen and oxygen atoms in total. The number of sulfonamides is 1. The summed E-state index contributed by atoms with van der Waals surface area (Å²) < 4.78 is 27.0. The minimum Gasteiger partial charge on any atom is -0.310 e. The zero-order chi connectivity index (χ0) is 15.3. The molecule has 1 N–H and O–H groups in total. The highest BCUT2D eigenvalue weighted by atomic mass is 32.2. The van der Waals surface area contributed by atoms with E-state index in [4.69, 9.17) is 0 Å². The van der Waals surface area contributed by atoms with Crippen LogP contribution in [0, 0.1) is 0 Å². The van der Waals surface area contributed by atoms with Gasteiger partial charge in [-0.1, -0.05) is 31.9 Å². The van der Waals surface area contributed by atoms with Crippen molar-refractivity contribution in [3.05, 3.63) is 29.8 Å². The molecular weight excluding hydrogens is 284 g/mol. The summed E-state index contributed by atoms with van der Waals surface area (Å²) in [7, 11) is -3.33. The number of nitrogens with one attached hydrogen (secondary N) is 1. The first-order valence-electron chi connectivity index (χ1n) is 7.89. The predicted octanol–water partition coefficient (Wildman–Crippen LogP) is 2.92. The van der Waals surface area contributed by atoms with Gasteiger partial charge in [-0.3, -0.25) is 0 Å². The molecule has 0 saturated carbocycles. The van der Waals surface area contributed by atoms with Crippen molar-refractivity contribution in [1.82, 2.24) is 9.62 Å². The van der Waals surface area contributed by atoms with Crippen molar-refractivity contribution in [3.63, 3.8) is 0 Å². The van der Waals surface area contributed by atoms with Crippen molar-refractivity contribution in [2.75, 3.05) is 19.6 Å². The summed E-state index contributed by atoms with van der Waals surface area (Å²) in [4.78, 5) is 0.414. The Morgan fingerprint density at radius 2 is 1.67 bits per heavy atom. The molecule has 0 radical (unpaired) electrons. The molecule has 1 saturated heterocycles. The lowest BCUT2D eigenvalue weighted by Gasteiger charge is -2.20. The van der Waals surface area contributed by atoms with E-state index in [9.17, 15) is 8.42 Å². The minimum atomic E-state index is -3.33. The molecule has 21 heavy (non-hydrogen) atoms. The molecular formula is C16H26N2O2S. The topological polar surface area (TPSA) is 49.4 Å². The predicted molar refractivity (Wildman–Crippen MR) is 85.8 cm³/mol. The van der Waals surface area contributed by atoms with E-state index in [1.54, 1.807) is 16.4 Å². The zero-order valence-corrected chi connectivity index (χ0v) is 13.8. The quantitative estimate of drug-likeness (QED) is 0.909. The largest absolute Gasteiger partial charge is 0.310 e. The Labute approximate surface area is 128 Å². The van der Waals surface area contributed by atoms with Crippen LogP contribution in [0.15, 0.2) is 29.2 Å².